The van der Waals surface area contributed by atoms with Crippen LogP contribution in [0.3, 0.4) is 0 Å². The number of hydrogen-bond acceptors (Lipinski definition) is 4. The van der Waals surface area contributed by atoms with Gasteiger partial charge in [0.05, 0.1) is 5.60 Å². The zero-order valence-corrected chi connectivity index (χ0v) is 10.8. The highest BCUT2D eigenvalue weighted by molar-refractivity contribution is 5.37. The monoisotopic (exact) mass is 239 g/mol. The van der Waals surface area contributed by atoms with Crippen molar-refractivity contribution >= 4 is 0 Å². The summed E-state index contributed by atoms with van der Waals surface area (Å²) in [5.41, 5.74) is 0.599. The smallest absolute Gasteiger partial charge is 0.119 e. The zero-order chi connectivity index (χ0) is 13.1. The van der Waals surface area contributed by atoms with E-state index in [1.54, 1.807) is 19.2 Å². The lowest BCUT2D eigenvalue weighted by atomic mass is 10.1. The molecule has 0 radical (unpaired) electrons. The van der Waals surface area contributed by atoms with E-state index in [9.17, 15) is 10.2 Å². The van der Waals surface area contributed by atoms with Gasteiger partial charge < -0.3 is 20.3 Å². The highest BCUT2D eigenvalue weighted by Crippen LogP contribution is 2.24. The molecule has 0 aromatic heterocycles. The Kier molecular flexibility index (Phi) is 4.37. The third-order valence-electron chi connectivity index (χ3n) is 2.81. The Bertz CT molecular complexity index is 357. The minimum atomic E-state index is -0.243. The van der Waals surface area contributed by atoms with E-state index < -0.39 is 0 Å². The maximum absolute atomic E-state index is 9.40. The molecule has 1 unspecified atom stereocenters. The van der Waals surface area contributed by atoms with Gasteiger partial charge in [-0.2, -0.15) is 0 Å². The molecule has 4 nitrogen and oxygen atoms in total. The molecule has 0 aliphatic rings. The van der Waals surface area contributed by atoms with Gasteiger partial charge in [-0.1, -0.05) is 0 Å². The summed E-state index contributed by atoms with van der Waals surface area (Å²) in [7, 11) is 1.67. The SMILES string of the molecule is COC(C)(C)CNC(C)c1cc(O)cc(O)c1. The number of phenolic OH excluding ortho intramolecular Hbond substituents is 2. The lowest BCUT2D eigenvalue weighted by Gasteiger charge is -2.26. The Hall–Kier alpha value is -1.26. The molecule has 0 spiro atoms. The fourth-order valence-electron chi connectivity index (χ4n) is 1.46. The van der Waals surface area contributed by atoms with Gasteiger partial charge in [0, 0.05) is 25.8 Å². The van der Waals surface area contributed by atoms with Crippen molar-refractivity contribution in [2.24, 2.45) is 0 Å². The summed E-state index contributed by atoms with van der Waals surface area (Å²) < 4.78 is 5.31. The first-order chi connectivity index (χ1) is 7.84. The predicted octanol–water partition coefficient (Wildman–Crippen LogP) is 2.17. The molecule has 0 amide bonds. The van der Waals surface area contributed by atoms with Gasteiger partial charge in [-0.3, -0.25) is 0 Å². The molecular weight excluding hydrogens is 218 g/mol. The van der Waals surface area contributed by atoms with Crippen molar-refractivity contribution in [3.05, 3.63) is 23.8 Å². The molecule has 0 aliphatic carbocycles. The largest absolute Gasteiger partial charge is 0.508 e. The second-order valence-corrected chi connectivity index (χ2v) is 4.85. The number of nitrogens with one attached hydrogen (secondary N) is 1. The average Bonchev–Trinajstić information content (AvgIpc) is 2.24. The summed E-state index contributed by atoms with van der Waals surface area (Å²) in [6.07, 6.45) is 0. The number of aromatic hydroxyl groups is 2. The Morgan fingerprint density at radius 1 is 1.24 bits per heavy atom. The number of phenols is 2. The van der Waals surface area contributed by atoms with Crippen LogP contribution in [-0.2, 0) is 4.74 Å². The molecule has 1 aromatic rings. The molecule has 0 aliphatic heterocycles. The van der Waals surface area contributed by atoms with Gasteiger partial charge in [-0.05, 0) is 38.5 Å². The molecule has 1 atom stereocenters. The Morgan fingerprint density at radius 2 is 1.76 bits per heavy atom. The van der Waals surface area contributed by atoms with Crippen LogP contribution < -0.4 is 5.32 Å². The topological polar surface area (TPSA) is 61.7 Å². The minimum Gasteiger partial charge on any atom is -0.508 e. The lowest BCUT2D eigenvalue weighted by molar-refractivity contribution is 0.0214. The second-order valence-electron chi connectivity index (χ2n) is 4.85. The molecular formula is C13H21NO3. The summed E-state index contributed by atoms with van der Waals surface area (Å²) in [5, 5.41) is 22.1. The number of methoxy groups -OCH3 is 1. The van der Waals surface area contributed by atoms with E-state index in [4.69, 9.17) is 4.74 Å². The van der Waals surface area contributed by atoms with Crippen LogP contribution in [0.1, 0.15) is 32.4 Å². The summed E-state index contributed by atoms with van der Waals surface area (Å²) in [6.45, 7) is 6.64. The number of benzene rings is 1. The van der Waals surface area contributed by atoms with Crippen LogP contribution in [0.15, 0.2) is 18.2 Å². The van der Waals surface area contributed by atoms with E-state index >= 15 is 0 Å². The molecule has 0 saturated carbocycles. The molecule has 96 valence electrons. The van der Waals surface area contributed by atoms with E-state index in [0.29, 0.717) is 6.54 Å². The van der Waals surface area contributed by atoms with Crippen molar-refractivity contribution in [3.8, 4) is 11.5 Å². The van der Waals surface area contributed by atoms with Gasteiger partial charge in [-0.15, -0.1) is 0 Å². The summed E-state index contributed by atoms with van der Waals surface area (Å²) in [6, 6.07) is 4.62. The highest BCUT2D eigenvalue weighted by Gasteiger charge is 2.17. The third kappa shape index (κ3) is 4.24. The first kappa shape index (κ1) is 13.8. The molecule has 17 heavy (non-hydrogen) atoms. The van der Waals surface area contributed by atoms with Gasteiger partial charge in [-0.25, -0.2) is 0 Å². The van der Waals surface area contributed by atoms with Crippen molar-refractivity contribution in [1.82, 2.24) is 5.32 Å². The van der Waals surface area contributed by atoms with Crippen LogP contribution in [0, 0.1) is 0 Å². The summed E-state index contributed by atoms with van der Waals surface area (Å²) in [5.74, 6) is 0.138. The molecule has 1 aromatic carbocycles. The van der Waals surface area contributed by atoms with Crippen LogP contribution in [0.4, 0.5) is 0 Å². The molecule has 4 heteroatoms. The maximum atomic E-state index is 9.40. The fraction of sp³-hybridized carbons (Fsp3) is 0.538. The van der Waals surface area contributed by atoms with Gasteiger partial charge in [0.15, 0.2) is 0 Å². The first-order valence-corrected chi connectivity index (χ1v) is 5.65. The fourth-order valence-corrected chi connectivity index (χ4v) is 1.46. The second kappa shape index (κ2) is 5.38. The van der Waals surface area contributed by atoms with Gasteiger partial charge >= 0.3 is 0 Å². The molecule has 0 saturated heterocycles. The van der Waals surface area contributed by atoms with Crippen LogP contribution >= 0.6 is 0 Å². The molecule has 0 fully saturated rings. The standard InChI is InChI=1S/C13H21NO3/c1-9(14-8-13(2,3)17-4)10-5-11(15)7-12(16)6-10/h5-7,9,14-16H,8H2,1-4H3. The van der Waals surface area contributed by atoms with Crippen LogP contribution in [0.25, 0.3) is 0 Å². The third-order valence-corrected chi connectivity index (χ3v) is 2.81. The van der Waals surface area contributed by atoms with Crippen LogP contribution in [-0.4, -0.2) is 29.5 Å². The predicted molar refractivity (Wildman–Crippen MR) is 67.3 cm³/mol. The number of ether oxygens (including phenoxy) is 1. The average molecular weight is 239 g/mol. The molecule has 3 N–H and O–H groups in total. The number of rotatable bonds is 5. The first-order valence-electron chi connectivity index (χ1n) is 5.65. The zero-order valence-electron chi connectivity index (χ0n) is 10.8. The van der Waals surface area contributed by atoms with Crippen molar-refractivity contribution < 1.29 is 14.9 Å². The van der Waals surface area contributed by atoms with E-state index in [2.05, 4.69) is 5.32 Å². The molecule has 0 heterocycles. The quantitative estimate of drug-likeness (QED) is 0.737. The van der Waals surface area contributed by atoms with E-state index in [0.717, 1.165) is 5.56 Å². The molecule has 1 rings (SSSR count). The van der Waals surface area contributed by atoms with Crippen molar-refractivity contribution in [3.63, 3.8) is 0 Å². The number of hydrogen-bond donors (Lipinski definition) is 3. The van der Waals surface area contributed by atoms with Crippen molar-refractivity contribution in [2.75, 3.05) is 13.7 Å². The van der Waals surface area contributed by atoms with E-state index in [1.165, 1.54) is 6.07 Å². The molecule has 0 bridgehead atoms. The van der Waals surface area contributed by atoms with Crippen molar-refractivity contribution in [1.29, 1.82) is 0 Å². The normalized spacial score (nSPS) is 13.6. The summed E-state index contributed by atoms with van der Waals surface area (Å²) >= 11 is 0. The highest BCUT2D eigenvalue weighted by atomic mass is 16.5. The lowest BCUT2D eigenvalue weighted by Crippen LogP contribution is -2.37. The van der Waals surface area contributed by atoms with Gasteiger partial charge in [0.25, 0.3) is 0 Å². The van der Waals surface area contributed by atoms with E-state index in [1.807, 2.05) is 20.8 Å². The van der Waals surface area contributed by atoms with Crippen molar-refractivity contribution in [2.45, 2.75) is 32.4 Å². The van der Waals surface area contributed by atoms with Gasteiger partial charge in [0.1, 0.15) is 11.5 Å². The Labute approximate surface area is 102 Å². The maximum Gasteiger partial charge on any atom is 0.119 e. The van der Waals surface area contributed by atoms with Crippen LogP contribution in [0.2, 0.25) is 0 Å². The van der Waals surface area contributed by atoms with Crippen LogP contribution in [0.5, 0.6) is 11.5 Å². The van der Waals surface area contributed by atoms with E-state index in [-0.39, 0.29) is 23.1 Å². The summed E-state index contributed by atoms with van der Waals surface area (Å²) in [4.78, 5) is 0. The minimum absolute atomic E-state index is 0.0300. The Balaban J connectivity index is 2.67. The van der Waals surface area contributed by atoms with Gasteiger partial charge in [0.2, 0.25) is 0 Å². The Morgan fingerprint density at radius 3 is 2.24 bits per heavy atom.